The zero-order chi connectivity index (χ0) is 12.1. The summed E-state index contributed by atoms with van der Waals surface area (Å²) in [6, 6.07) is 5.57. The fourth-order valence-corrected chi connectivity index (χ4v) is 1.24. The number of carbonyl (C=O) groups is 1. The molecule has 0 radical (unpaired) electrons. The third kappa shape index (κ3) is 2.97. The lowest BCUT2D eigenvalue weighted by atomic mass is 10.3. The molecule has 2 aromatic heterocycles. The molecule has 86 valence electrons. The SMILES string of the molecule is O=C(O)c1cncc(NCc2ccccn2)n1. The number of aromatic carboxylic acids is 1. The molecule has 0 fully saturated rings. The molecule has 0 aliphatic rings. The maximum Gasteiger partial charge on any atom is 0.356 e. The first-order valence-corrected chi connectivity index (χ1v) is 4.95. The van der Waals surface area contributed by atoms with Gasteiger partial charge >= 0.3 is 5.97 Å². The van der Waals surface area contributed by atoms with Crippen LogP contribution >= 0.6 is 0 Å². The molecule has 2 N–H and O–H groups in total. The molecule has 6 nitrogen and oxygen atoms in total. The lowest BCUT2D eigenvalue weighted by molar-refractivity contribution is 0.0690. The molecule has 0 aliphatic heterocycles. The van der Waals surface area contributed by atoms with E-state index in [-0.39, 0.29) is 5.69 Å². The Morgan fingerprint density at radius 1 is 1.35 bits per heavy atom. The highest BCUT2D eigenvalue weighted by Gasteiger charge is 2.05. The number of hydrogen-bond acceptors (Lipinski definition) is 5. The van der Waals surface area contributed by atoms with Crippen molar-refractivity contribution in [2.75, 3.05) is 5.32 Å². The highest BCUT2D eigenvalue weighted by Crippen LogP contribution is 2.04. The van der Waals surface area contributed by atoms with Gasteiger partial charge in [0.05, 0.1) is 24.6 Å². The zero-order valence-corrected chi connectivity index (χ0v) is 8.87. The maximum atomic E-state index is 10.7. The quantitative estimate of drug-likeness (QED) is 0.820. The molecule has 17 heavy (non-hydrogen) atoms. The van der Waals surface area contributed by atoms with Crippen LogP contribution in [0.2, 0.25) is 0 Å². The van der Waals surface area contributed by atoms with E-state index in [0.29, 0.717) is 12.4 Å². The number of nitrogens with one attached hydrogen (secondary N) is 1. The van der Waals surface area contributed by atoms with E-state index in [1.54, 1.807) is 6.20 Å². The summed E-state index contributed by atoms with van der Waals surface area (Å²) in [6.07, 6.45) is 4.36. The van der Waals surface area contributed by atoms with Gasteiger partial charge in [0.15, 0.2) is 5.69 Å². The van der Waals surface area contributed by atoms with Crippen molar-refractivity contribution in [2.45, 2.75) is 6.54 Å². The summed E-state index contributed by atoms with van der Waals surface area (Å²) < 4.78 is 0. The van der Waals surface area contributed by atoms with Gasteiger partial charge in [-0.05, 0) is 12.1 Å². The van der Waals surface area contributed by atoms with Gasteiger partial charge in [-0.1, -0.05) is 6.07 Å². The predicted octanol–water partition coefficient (Wildman–Crippen LogP) is 1.18. The van der Waals surface area contributed by atoms with Crippen molar-refractivity contribution in [2.24, 2.45) is 0 Å². The van der Waals surface area contributed by atoms with Crippen LogP contribution < -0.4 is 5.32 Å². The Hall–Kier alpha value is -2.50. The molecule has 0 saturated carbocycles. The number of pyridine rings is 1. The molecule has 0 aromatic carbocycles. The average molecular weight is 230 g/mol. The van der Waals surface area contributed by atoms with Crippen LogP contribution in [0.3, 0.4) is 0 Å². The van der Waals surface area contributed by atoms with Gasteiger partial charge in [-0.15, -0.1) is 0 Å². The molecule has 2 rings (SSSR count). The summed E-state index contributed by atoms with van der Waals surface area (Å²) in [5.74, 6) is -0.686. The van der Waals surface area contributed by atoms with Crippen LogP contribution in [0.4, 0.5) is 5.82 Å². The largest absolute Gasteiger partial charge is 0.476 e. The Kier molecular flexibility index (Phi) is 3.25. The summed E-state index contributed by atoms with van der Waals surface area (Å²) in [5.41, 5.74) is 0.756. The predicted molar refractivity (Wildman–Crippen MR) is 60.6 cm³/mol. The van der Waals surface area contributed by atoms with Crippen molar-refractivity contribution in [3.05, 3.63) is 48.2 Å². The number of rotatable bonds is 4. The van der Waals surface area contributed by atoms with Crippen LogP contribution in [-0.2, 0) is 6.54 Å². The topological polar surface area (TPSA) is 88.0 Å². The summed E-state index contributed by atoms with van der Waals surface area (Å²) in [6.45, 7) is 0.471. The van der Waals surface area contributed by atoms with Gasteiger partial charge in [-0.25, -0.2) is 9.78 Å². The molecule has 0 amide bonds. The maximum absolute atomic E-state index is 10.7. The van der Waals surface area contributed by atoms with Gasteiger partial charge in [0, 0.05) is 6.20 Å². The van der Waals surface area contributed by atoms with Crippen LogP contribution in [0.25, 0.3) is 0 Å². The fourth-order valence-electron chi connectivity index (χ4n) is 1.24. The monoisotopic (exact) mass is 230 g/mol. The van der Waals surface area contributed by atoms with E-state index in [1.165, 1.54) is 12.4 Å². The van der Waals surface area contributed by atoms with E-state index in [4.69, 9.17) is 5.11 Å². The first-order chi connectivity index (χ1) is 8.25. The van der Waals surface area contributed by atoms with E-state index in [9.17, 15) is 4.79 Å². The molecule has 0 spiro atoms. The van der Waals surface area contributed by atoms with Crippen LogP contribution in [-0.4, -0.2) is 26.0 Å². The van der Waals surface area contributed by atoms with Gasteiger partial charge in [0.25, 0.3) is 0 Å². The minimum Gasteiger partial charge on any atom is -0.476 e. The minimum absolute atomic E-state index is 0.0870. The number of carboxylic acid groups (broad SMARTS) is 1. The van der Waals surface area contributed by atoms with Gasteiger partial charge in [-0.3, -0.25) is 9.97 Å². The number of hydrogen-bond donors (Lipinski definition) is 2. The summed E-state index contributed by atoms with van der Waals surface area (Å²) in [4.78, 5) is 22.5. The van der Waals surface area contributed by atoms with Gasteiger partial charge in [0.1, 0.15) is 5.82 Å². The molecule has 0 bridgehead atoms. The van der Waals surface area contributed by atoms with Crippen LogP contribution in [0.1, 0.15) is 16.2 Å². The van der Waals surface area contributed by atoms with Crippen molar-refractivity contribution in [1.29, 1.82) is 0 Å². The number of nitrogens with zero attached hydrogens (tertiary/aromatic N) is 3. The lowest BCUT2D eigenvalue weighted by Crippen LogP contribution is -2.07. The Bertz CT molecular complexity index is 516. The molecule has 2 heterocycles. The van der Waals surface area contributed by atoms with E-state index in [2.05, 4.69) is 20.3 Å². The average Bonchev–Trinajstić information content (AvgIpc) is 2.38. The molecule has 0 aliphatic carbocycles. The van der Waals surface area contributed by atoms with E-state index >= 15 is 0 Å². The Labute approximate surface area is 97.4 Å². The van der Waals surface area contributed by atoms with Gasteiger partial charge < -0.3 is 10.4 Å². The van der Waals surface area contributed by atoms with Crippen LogP contribution in [0.15, 0.2) is 36.8 Å². The minimum atomic E-state index is -1.10. The standard InChI is InChI=1S/C11H10N4O2/c16-11(17)9-6-12-7-10(15-9)14-5-8-3-1-2-4-13-8/h1-4,6-7H,5H2,(H,14,15)(H,16,17). The van der Waals surface area contributed by atoms with Crippen molar-refractivity contribution in [3.63, 3.8) is 0 Å². The second-order valence-corrected chi connectivity index (χ2v) is 3.27. The van der Waals surface area contributed by atoms with Gasteiger partial charge in [0.2, 0.25) is 0 Å². The third-order valence-corrected chi connectivity index (χ3v) is 2.03. The summed E-state index contributed by atoms with van der Waals surface area (Å²) in [7, 11) is 0. The first kappa shape index (κ1) is 11.0. The number of anilines is 1. The molecule has 6 heteroatoms. The highest BCUT2D eigenvalue weighted by atomic mass is 16.4. The zero-order valence-electron chi connectivity index (χ0n) is 8.87. The number of aromatic nitrogens is 3. The van der Waals surface area contributed by atoms with Crippen molar-refractivity contribution in [3.8, 4) is 0 Å². The summed E-state index contributed by atoms with van der Waals surface area (Å²) in [5, 5.41) is 11.7. The van der Waals surface area contributed by atoms with E-state index in [0.717, 1.165) is 5.69 Å². The normalized spacial score (nSPS) is 9.88. The van der Waals surface area contributed by atoms with Crippen LogP contribution in [0, 0.1) is 0 Å². The molecular weight excluding hydrogens is 220 g/mol. The molecule has 0 atom stereocenters. The van der Waals surface area contributed by atoms with Gasteiger partial charge in [-0.2, -0.15) is 0 Å². The second kappa shape index (κ2) is 5.02. The second-order valence-electron chi connectivity index (χ2n) is 3.27. The smallest absolute Gasteiger partial charge is 0.356 e. The lowest BCUT2D eigenvalue weighted by Gasteiger charge is -2.04. The Morgan fingerprint density at radius 2 is 2.24 bits per heavy atom. The molecular formula is C11H10N4O2. The van der Waals surface area contributed by atoms with E-state index < -0.39 is 5.97 Å². The van der Waals surface area contributed by atoms with Crippen molar-refractivity contribution >= 4 is 11.8 Å². The molecule has 0 saturated heterocycles. The van der Waals surface area contributed by atoms with E-state index in [1.807, 2.05) is 18.2 Å². The Balaban J connectivity index is 2.04. The fraction of sp³-hybridized carbons (Fsp3) is 0.0909. The van der Waals surface area contributed by atoms with Crippen molar-refractivity contribution in [1.82, 2.24) is 15.0 Å². The van der Waals surface area contributed by atoms with Crippen molar-refractivity contribution < 1.29 is 9.90 Å². The highest BCUT2D eigenvalue weighted by molar-refractivity contribution is 5.85. The molecule has 0 unspecified atom stereocenters. The first-order valence-electron chi connectivity index (χ1n) is 4.95. The number of carboxylic acids is 1. The molecule has 2 aromatic rings. The summed E-state index contributed by atoms with van der Waals surface area (Å²) >= 11 is 0. The Morgan fingerprint density at radius 3 is 2.94 bits per heavy atom. The van der Waals surface area contributed by atoms with Crippen LogP contribution in [0.5, 0.6) is 0 Å². The third-order valence-electron chi connectivity index (χ3n) is 2.03.